The Kier molecular flexibility index (Phi) is 2.11. The van der Waals surface area contributed by atoms with E-state index in [0.717, 1.165) is 12.1 Å². The highest BCUT2D eigenvalue weighted by Gasteiger charge is 2.30. The maximum atomic E-state index is 12.4. The molecule has 0 aliphatic carbocycles. The molecule has 0 bridgehead atoms. The largest absolute Gasteiger partial charge is 0.416 e. The van der Waals surface area contributed by atoms with Crippen LogP contribution in [0.3, 0.4) is 0 Å². The summed E-state index contributed by atoms with van der Waals surface area (Å²) >= 11 is 0. The molecule has 2 aromatic rings. The van der Waals surface area contributed by atoms with Gasteiger partial charge in [-0.1, -0.05) is 0 Å². The van der Waals surface area contributed by atoms with Crippen LogP contribution in [0.5, 0.6) is 0 Å². The molecule has 1 heterocycles. The molecule has 3 N–H and O–H groups in total. The minimum absolute atomic E-state index is 0.0207. The number of halogens is 3. The fraction of sp³-hybridized carbons (Fsp3) is 0.111. The molecule has 84 valence electrons. The van der Waals surface area contributed by atoms with Crippen molar-refractivity contribution in [3.8, 4) is 0 Å². The minimum Gasteiger partial charge on any atom is -0.383 e. The van der Waals surface area contributed by atoms with Crippen LogP contribution >= 0.6 is 0 Å². The second-order valence-corrected chi connectivity index (χ2v) is 3.19. The van der Waals surface area contributed by atoms with E-state index in [1.54, 1.807) is 0 Å². The van der Waals surface area contributed by atoms with Crippen LogP contribution in [0.2, 0.25) is 0 Å². The van der Waals surface area contributed by atoms with Crippen LogP contribution in [0.4, 0.5) is 19.0 Å². The van der Waals surface area contributed by atoms with Crippen molar-refractivity contribution in [1.82, 2.24) is 9.97 Å². The summed E-state index contributed by atoms with van der Waals surface area (Å²) < 4.78 is 37.1. The molecule has 0 amide bonds. The number of benzene rings is 1. The number of nitrogen functional groups attached to an aromatic ring is 1. The molecule has 0 saturated heterocycles. The summed E-state index contributed by atoms with van der Waals surface area (Å²) in [5.41, 5.74) is 3.80. The van der Waals surface area contributed by atoms with Gasteiger partial charge in [0.15, 0.2) is 0 Å². The molecule has 0 aliphatic heterocycles. The summed E-state index contributed by atoms with van der Waals surface area (Å²) in [5, 5.41) is 0.285. The molecule has 16 heavy (non-hydrogen) atoms. The van der Waals surface area contributed by atoms with E-state index in [4.69, 9.17) is 5.73 Å². The third-order valence-corrected chi connectivity index (χ3v) is 2.09. The zero-order chi connectivity index (χ0) is 11.9. The first-order valence-corrected chi connectivity index (χ1v) is 4.24. The lowest BCUT2D eigenvalue weighted by molar-refractivity contribution is -0.137. The van der Waals surface area contributed by atoms with Crippen molar-refractivity contribution in [2.24, 2.45) is 0 Å². The number of nitrogens with one attached hydrogen (secondary N) is 1. The molecule has 7 heteroatoms. The molecule has 0 saturated carbocycles. The van der Waals surface area contributed by atoms with E-state index in [0.29, 0.717) is 0 Å². The van der Waals surface area contributed by atoms with Crippen molar-refractivity contribution >= 4 is 16.7 Å². The molecule has 0 atom stereocenters. The summed E-state index contributed by atoms with van der Waals surface area (Å²) in [5.74, 6) is -0.0903. The Balaban J connectivity index is 2.76. The zero-order valence-corrected chi connectivity index (χ0v) is 7.80. The monoisotopic (exact) mass is 229 g/mol. The topological polar surface area (TPSA) is 71.8 Å². The van der Waals surface area contributed by atoms with Crippen molar-refractivity contribution in [2.45, 2.75) is 6.18 Å². The number of hydrogen-bond acceptors (Lipinski definition) is 3. The molecule has 4 nitrogen and oxygen atoms in total. The number of H-pyrrole nitrogens is 1. The molecular formula is C9H6F3N3O. The lowest BCUT2D eigenvalue weighted by Crippen LogP contribution is -2.13. The summed E-state index contributed by atoms with van der Waals surface area (Å²) in [6.45, 7) is 0. The maximum absolute atomic E-state index is 12.4. The highest BCUT2D eigenvalue weighted by Crippen LogP contribution is 2.31. The number of nitrogens with two attached hydrogens (primary N) is 1. The van der Waals surface area contributed by atoms with Gasteiger partial charge < -0.3 is 10.7 Å². The molecule has 0 fully saturated rings. The van der Waals surface area contributed by atoms with E-state index in [2.05, 4.69) is 9.97 Å². The normalized spacial score (nSPS) is 11.9. The van der Waals surface area contributed by atoms with Crippen molar-refractivity contribution in [3.63, 3.8) is 0 Å². The van der Waals surface area contributed by atoms with Crippen LogP contribution in [-0.4, -0.2) is 9.97 Å². The fourth-order valence-electron chi connectivity index (χ4n) is 1.36. The second kappa shape index (κ2) is 3.22. The first kappa shape index (κ1) is 10.5. The first-order valence-electron chi connectivity index (χ1n) is 4.24. The SMILES string of the molecule is Nc1nc(=O)[nH]c2cc(C(F)(F)F)ccc12. The lowest BCUT2D eigenvalue weighted by atomic mass is 10.1. The minimum atomic E-state index is -4.46. The maximum Gasteiger partial charge on any atom is 0.416 e. The zero-order valence-electron chi connectivity index (χ0n) is 7.80. The van der Waals surface area contributed by atoms with Crippen LogP contribution in [0.1, 0.15) is 5.56 Å². The number of anilines is 1. The third kappa shape index (κ3) is 1.71. The lowest BCUT2D eigenvalue weighted by Gasteiger charge is -2.07. The number of aromatic amines is 1. The molecule has 1 aromatic carbocycles. The first-order chi connectivity index (χ1) is 7.38. The van der Waals surface area contributed by atoms with Crippen LogP contribution in [0.15, 0.2) is 23.0 Å². The van der Waals surface area contributed by atoms with E-state index < -0.39 is 17.4 Å². The van der Waals surface area contributed by atoms with Crippen LogP contribution < -0.4 is 11.4 Å². The predicted octanol–water partition coefficient (Wildman–Crippen LogP) is 1.52. The Bertz CT molecular complexity index is 603. The number of hydrogen-bond donors (Lipinski definition) is 2. The van der Waals surface area contributed by atoms with Gasteiger partial charge in [-0.25, -0.2) is 4.79 Å². The van der Waals surface area contributed by atoms with Gasteiger partial charge in [0, 0.05) is 5.39 Å². The Labute approximate surface area is 86.9 Å². The van der Waals surface area contributed by atoms with E-state index in [-0.39, 0.29) is 16.7 Å². The van der Waals surface area contributed by atoms with Crippen molar-refractivity contribution in [3.05, 3.63) is 34.2 Å². The second-order valence-electron chi connectivity index (χ2n) is 3.19. The molecule has 0 unspecified atom stereocenters. The van der Waals surface area contributed by atoms with Gasteiger partial charge in [-0.2, -0.15) is 18.2 Å². The summed E-state index contributed by atoms with van der Waals surface area (Å²) in [6, 6.07) is 2.89. The third-order valence-electron chi connectivity index (χ3n) is 2.09. The molecular weight excluding hydrogens is 223 g/mol. The van der Waals surface area contributed by atoms with E-state index >= 15 is 0 Å². The van der Waals surface area contributed by atoms with Gasteiger partial charge in [-0.05, 0) is 18.2 Å². The van der Waals surface area contributed by atoms with E-state index in [9.17, 15) is 18.0 Å². The highest BCUT2D eigenvalue weighted by molar-refractivity contribution is 5.88. The van der Waals surface area contributed by atoms with Crippen LogP contribution in [0, 0.1) is 0 Å². The molecule has 0 aliphatic rings. The summed E-state index contributed by atoms with van der Waals surface area (Å²) in [7, 11) is 0. The van der Waals surface area contributed by atoms with Gasteiger partial charge >= 0.3 is 11.9 Å². The summed E-state index contributed by atoms with van der Waals surface area (Å²) in [6.07, 6.45) is -4.46. The van der Waals surface area contributed by atoms with E-state index in [1.807, 2.05) is 0 Å². The Morgan fingerprint density at radius 2 is 2.00 bits per heavy atom. The van der Waals surface area contributed by atoms with Crippen molar-refractivity contribution < 1.29 is 13.2 Å². The Morgan fingerprint density at radius 1 is 1.31 bits per heavy atom. The molecule has 1 aromatic heterocycles. The Hall–Kier alpha value is -2.05. The standard InChI is InChI=1S/C9H6F3N3O/c10-9(11,12)4-1-2-5-6(3-4)14-8(16)15-7(5)13/h1-3H,(H3,13,14,15,16). The van der Waals surface area contributed by atoms with Gasteiger partial charge in [0.05, 0.1) is 11.1 Å². The molecule has 0 spiro atoms. The van der Waals surface area contributed by atoms with Crippen molar-refractivity contribution in [1.29, 1.82) is 0 Å². The van der Waals surface area contributed by atoms with Crippen LogP contribution in [0.25, 0.3) is 10.9 Å². The van der Waals surface area contributed by atoms with Gasteiger partial charge in [0.2, 0.25) is 0 Å². The number of rotatable bonds is 0. The van der Waals surface area contributed by atoms with Gasteiger partial charge in [0.1, 0.15) is 5.82 Å². The average Bonchev–Trinajstić information content (AvgIpc) is 2.15. The number of alkyl halides is 3. The molecule has 0 radical (unpaired) electrons. The summed E-state index contributed by atoms with van der Waals surface area (Å²) in [4.78, 5) is 16.5. The fourth-order valence-corrected chi connectivity index (χ4v) is 1.36. The van der Waals surface area contributed by atoms with Gasteiger partial charge in [-0.15, -0.1) is 0 Å². The Morgan fingerprint density at radius 3 is 2.62 bits per heavy atom. The highest BCUT2D eigenvalue weighted by atomic mass is 19.4. The number of aromatic nitrogens is 2. The van der Waals surface area contributed by atoms with Gasteiger partial charge in [0.25, 0.3) is 0 Å². The average molecular weight is 229 g/mol. The quantitative estimate of drug-likeness (QED) is 0.719. The van der Waals surface area contributed by atoms with Crippen LogP contribution in [-0.2, 0) is 6.18 Å². The number of fused-ring (bicyclic) bond motifs is 1. The van der Waals surface area contributed by atoms with Gasteiger partial charge in [-0.3, -0.25) is 0 Å². The predicted molar refractivity (Wildman–Crippen MR) is 51.8 cm³/mol. The molecule has 2 rings (SSSR count). The smallest absolute Gasteiger partial charge is 0.383 e. The van der Waals surface area contributed by atoms with E-state index in [1.165, 1.54) is 6.07 Å². The number of nitrogens with zero attached hydrogens (tertiary/aromatic N) is 1. The van der Waals surface area contributed by atoms with Crippen molar-refractivity contribution in [2.75, 3.05) is 5.73 Å².